The van der Waals surface area contributed by atoms with Crippen molar-refractivity contribution < 1.29 is 0 Å². The second-order valence-electron chi connectivity index (χ2n) is 4.37. The van der Waals surface area contributed by atoms with Crippen LogP contribution in [0, 0.1) is 0 Å². The van der Waals surface area contributed by atoms with E-state index in [1.165, 1.54) is 0 Å². The topological polar surface area (TPSA) is 37.0 Å². The van der Waals surface area contributed by atoms with Crippen molar-refractivity contribution in [1.29, 1.82) is 0 Å². The van der Waals surface area contributed by atoms with Crippen molar-refractivity contribution in [3.05, 3.63) is 23.9 Å². The maximum absolute atomic E-state index is 4.42. The third-order valence-corrected chi connectivity index (χ3v) is 1.86. The molecule has 1 rings (SSSR count). The van der Waals surface area contributed by atoms with Crippen LogP contribution in [0.1, 0.15) is 26.5 Å². The predicted octanol–water partition coefficient (Wildman–Crippen LogP) is 2.01. The Morgan fingerprint density at radius 3 is 2.57 bits per heavy atom. The summed E-state index contributed by atoms with van der Waals surface area (Å²) in [5.41, 5.74) is 1.20. The Hall–Kier alpha value is -1.09. The molecule has 0 aromatic carbocycles. The lowest BCUT2D eigenvalue weighted by Crippen LogP contribution is -2.35. The van der Waals surface area contributed by atoms with Gasteiger partial charge in [0.1, 0.15) is 5.82 Å². The van der Waals surface area contributed by atoms with Gasteiger partial charge >= 0.3 is 0 Å². The molecule has 1 aromatic rings. The van der Waals surface area contributed by atoms with Gasteiger partial charge in [-0.2, -0.15) is 0 Å². The molecule has 78 valence electrons. The molecular weight excluding hydrogens is 174 g/mol. The molecule has 0 unspecified atom stereocenters. The Morgan fingerprint density at radius 1 is 1.29 bits per heavy atom. The Labute approximate surface area is 85.9 Å². The van der Waals surface area contributed by atoms with Crippen molar-refractivity contribution in [3.8, 4) is 0 Å². The second kappa shape index (κ2) is 4.42. The third-order valence-electron chi connectivity index (χ3n) is 1.86. The van der Waals surface area contributed by atoms with E-state index in [1.54, 1.807) is 0 Å². The summed E-state index contributed by atoms with van der Waals surface area (Å²) in [6, 6.07) is 6.00. The van der Waals surface area contributed by atoms with Crippen molar-refractivity contribution in [1.82, 2.24) is 10.3 Å². The molecular formula is C11H19N3. The minimum Gasteiger partial charge on any atom is -0.373 e. The number of pyridine rings is 1. The molecule has 0 aliphatic heterocycles. The molecule has 1 heterocycles. The molecule has 0 saturated heterocycles. The summed E-state index contributed by atoms with van der Waals surface area (Å²) < 4.78 is 0. The molecule has 1 aromatic heterocycles. The molecule has 14 heavy (non-hydrogen) atoms. The van der Waals surface area contributed by atoms with Crippen molar-refractivity contribution in [2.75, 3.05) is 12.4 Å². The summed E-state index contributed by atoms with van der Waals surface area (Å²) in [7, 11) is 1.88. The standard InChI is InChI=1S/C11H19N3/c1-11(2,3)13-8-9-6-5-7-10(12-4)14-9/h5-7,13H,8H2,1-4H3,(H,12,14). The van der Waals surface area contributed by atoms with Crippen LogP contribution in [0.5, 0.6) is 0 Å². The Bertz CT molecular complexity index is 289. The second-order valence-corrected chi connectivity index (χ2v) is 4.37. The summed E-state index contributed by atoms with van der Waals surface area (Å²) in [4.78, 5) is 4.42. The van der Waals surface area contributed by atoms with Crippen molar-refractivity contribution in [2.45, 2.75) is 32.9 Å². The molecule has 0 fully saturated rings. The molecule has 0 saturated carbocycles. The average Bonchev–Trinajstić information content (AvgIpc) is 2.14. The van der Waals surface area contributed by atoms with E-state index in [2.05, 4.69) is 36.4 Å². The fraction of sp³-hybridized carbons (Fsp3) is 0.545. The molecule has 0 aliphatic rings. The van der Waals surface area contributed by atoms with E-state index in [4.69, 9.17) is 0 Å². The zero-order valence-corrected chi connectivity index (χ0v) is 9.39. The fourth-order valence-electron chi connectivity index (χ4n) is 1.07. The van der Waals surface area contributed by atoms with Gasteiger partial charge in [0, 0.05) is 19.1 Å². The van der Waals surface area contributed by atoms with Gasteiger partial charge in [-0.05, 0) is 32.9 Å². The summed E-state index contributed by atoms with van der Waals surface area (Å²) in [5.74, 6) is 0.915. The van der Waals surface area contributed by atoms with Gasteiger partial charge < -0.3 is 10.6 Å². The van der Waals surface area contributed by atoms with Crippen LogP contribution in [-0.2, 0) is 6.54 Å². The number of hydrogen-bond acceptors (Lipinski definition) is 3. The number of aromatic nitrogens is 1. The highest BCUT2D eigenvalue weighted by atomic mass is 15.0. The first-order chi connectivity index (χ1) is 6.51. The van der Waals surface area contributed by atoms with Gasteiger partial charge in [-0.1, -0.05) is 6.07 Å². The van der Waals surface area contributed by atoms with E-state index in [9.17, 15) is 0 Å². The SMILES string of the molecule is CNc1cccc(CNC(C)(C)C)n1. The van der Waals surface area contributed by atoms with Gasteiger partial charge in [-0.3, -0.25) is 0 Å². The van der Waals surface area contributed by atoms with Gasteiger partial charge in [0.2, 0.25) is 0 Å². The van der Waals surface area contributed by atoms with E-state index in [-0.39, 0.29) is 5.54 Å². The highest BCUT2D eigenvalue weighted by Gasteiger charge is 2.08. The summed E-state index contributed by atoms with van der Waals surface area (Å²) >= 11 is 0. The Morgan fingerprint density at radius 2 is 2.00 bits per heavy atom. The van der Waals surface area contributed by atoms with E-state index in [1.807, 2.05) is 25.2 Å². The van der Waals surface area contributed by atoms with Crippen LogP contribution in [-0.4, -0.2) is 17.6 Å². The van der Waals surface area contributed by atoms with E-state index in [0.29, 0.717) is 0 Å². The van der Waals surface area contributed by atoms with Crippen LogP contribution < -0.4 is 10.6 Å². The third kappa shape index (κ3) is 3.75. The van der Waals surface area contributed by atoms with Crippen molar-refractivity contribution >= 4 is 5.82 Å². The van der Waals surface area contributed by atoms with Gasteiger partial charge in [0.25, 0.3) is 0 Å². The van der Waals surface area contributed by atoms with Gasteiger partial charge in [0.05, 0.1) is 5.69 Å². The number of rotatable bonds is 3. The van der Waals surface area contributed by atoms with Gasteiger partial charge in [-0.25, -0.2) is 4.98 Å². The minimum atomic E-state index is 0.136. The summed E-state index contributed by atoms with van der Waals surface area (Å²) in [6.45, 7) is 7.25. The van der Waals surface area contributed by atoms with Crippen molar-refractivity contribution in [2.24, 2.45) is 0 Å². The van der Waals surface area contributed by atoms with Crippen LogP contribution in [0.25, 0.3) is 0 Å². The van der Waals surface area contributed by atoms with E-state index < -0.39 is 0 Å². The monoisotopic (exact) mass is 193 g/mol. The first-order valence-corrected chi connectivity index (χ1v) is 4.90. The Balaban J connectivity index is 2.59. The van der Waals surface area contributed by atoms with Gasteiger partial charge in [0.15, 0.2) is 0 Å². The van der Waals surface area contributed by atoms with Crippen LogP contribution in [0.15, 0.2) is 18.2 Å². The maximum atomic E-state index is 4.42. The normalized spacial score (nSPS) is 11.4. The average molecular weight is 193 g/mol. The van der Waals surface area contributed by atoms with Crippen LogP contribution in [0.2, 0.25) is 0 Å². The Kier molecular flexibility index (Phi) is 3.47. The number of anilines is 1. The lowest BCUT2D eigenvalue weighted by molar-refractivity contribution is 0.421. The zero-order valence-electron chi connectivity index (χ0n) is 9.39. The predicted molar refractivity (Wildman–Crippen MR) is 60.4 cm³/mol. The molecule has 0 aliphatic carbocycles. The summed E-state index contributed by atoms with van der Waals surface area (Å²) in [6.07, 6.45) is 0. The lowest BCUT2D eigenvalue weighted by atomic mass is 10.1. The first kappa shape index (κ1) is 11.0. The first-order valence-electron chi connectivity index (χ1n) is 4.90. The van der Waals surface area contributed by atoms with Crippen LogP contribution in [0.4, 0.5) is 5.82 Å². The highest BCUT2D eigenvalue weighted by Crippen LogP contribution is 2.05. The fourth-order valence-corrected chi connectivity index (χ4v) is 1.07. The smallest absolute Gasteiger partial charge is 0.126 e. The largest absolute Gasteiger partial charge is 0.373 e. The molecule has 0 amide bonds. The number of nitrogens with zero attached hydrogens (tertiary/aromatic N) is 1. The summed E-state index contributed by atoms with van der Waals surface area (Å²) in [5, 5.41) is 6.42. The maximum Gasteiger partial charge on any atom is 0.126 e. The van der Waals surface area contributed by atoms with Crippen molar-refractivity contribution in [3.63, 3.8) is 0 Å². The highest BCUT2D eigenvalue weighted by molar-refractivity contribution is 5.34. The minimum absolute atomic E-state index is 0.136. The number of hydrogen-bond donors (Lipinski definition) is 2. The number of nitrogens with one attached hydrogen (secondary N) is 2. The molecule has 3 nitrogen and oxygen atoms in total. The lowest BCUT2D eigenvalue weighted by Gasteiger charge is -2.20. The molecule has 0 atom stereocenters. The van der Waals surface area contributed by atoms with Crippen LogP contribution in [0.3, 0.4) is 0 Å². The molecule has 2 N–H and O–H groups in total. The van der Waals surface area contributed by atoms with Crippen LogP contribution >= 0.6 is 0 Å². The quantitative estimate of drug-likeness (QED) is 0.771. The molecule has 0 bridgehead atoms. The molecule has 0 radical (unpaired) electrons. The zero-order chi connectivity index (χ0) is 10.6. The van der Waals surface area contributed by atoms with E-state index >= 15 is 0 Å². The molecule has 3 heteroatoms. The van der Waals surface area contributed by atoms with Gasteiger partial charge in [-0.15, -0.1) is 0 Å². The molecule has 0 spiro atoms. The van der Waals surface area contributed by atoms with E-state index in [0.717, 1.165) is 18.1 Å².